The van der Waals surface area contributed by atoms with Crippen molar-refractivity contribution in [3.63, 3.8) is 0 Å². The lowest BCUT2D eigenvalue weighted by molar-refractivity contribution is -0.384. The number of hydrogen-bond donors (Lipinski definition) is 1. The van der Waals surface area contributed by atoms with Gasteiger partial charge in [-0.15, -0.1) is 0 Å². The van der Waals surface area contributed by atoms with E-state index in [1.807, 2.05) is 24.3 Å². The summed E-state index contributed by atoms with van der Waals surface area (Å²) in [6, 6.07) is 13.6. The molecule has 0 bridgehead atoms. The maximum Gasteiger partial charge on any atom is 0.336 e. The number of dihydropyridines is 1. The third-order valence-electron chi connectivity index (χ3n) is 6.25. The minimum absolute atomic E-state index is 0.0617. The van der Waals surface area contributed by atoms with Gasteiger partial charge in [0.2, 0.25) is 0 Å². The summed E-state index contributed by atoms with van der Waals surface area (Å²) in [6.45, 7) is 1.77. The molecule has 4 rings (SSSR count). The summed E-state index contributed by atoms with van der Waals surface area (Å²) >= 11 is 0. The molecule has 8 nitrogen and oxygen atoms in total. The van der Waals surface area contributed by atoms with Crippen molar-refractivity contribution in [2.75, 3.05) is 14.2 Å². The maximum atomic E-state index is 13.5. The van der Waals surface area contributed by atoms with Crippen LogP contribution in [0.5, 0.6) is 5.75 Å². The van der Waals surface area contributed by atoms with Gasteiger partial charge in [-0.1, -0.05) is 30.3 Å². The number of methoxy groups -OCH3 is 2. The lowest BCUT2D eigenvalue weighted by atomic mass is 9.71. The van der Waals surface area contributed by atoms with Crippen LogP contribution >= 0.6 is 0 Å². The van der Waals surface area contributed by atoms with E-state index < -0.39 is 16.8 Å². The van der Waals surface area contributed by atoms with Gasteiger partial charge < -0.3 is 14.8 Å². The van der Waals surface area contributed by atoms with Crippen molar-refractivity contribution in [2.24, 2.45) is 0 Å². The molecule has 0 saturated heterocycles. The van der Waals surface area contributed by atoms with Gasteiger partial charge in [-0.05, 0) is 30.5 Å². The zero-order chi connectivity index (χ0) is 23.7. The number of allylic oxidation sites excluding steroid dienone is 3. The predicted molar refractivity (Wildman–Crippen MR) is 121 cm³/mol. The maximum absolute atomic E-state index is 13.5. The van der Waals surface area contributed by atoms with Gasteiger partial charge in [-0.3, -0.25) is 14.9 Å². The highest BCUT2D eigenvalue weighted by Crippen LogP contribution is 2.47. The van der Waals surface area contributed by atoms with Crippen molar-refractivity contribution < 1.29 is 24.0 Å². The van der Waals surface area contributed by atoms with E-state index in [2.05, 4.69) is 5.32 Å². The number of nitro groups is 1. The van der Waals surface area contributed by atoms with Crippen molar-refractivity contribution in [1.29, 1.82) is 0 Å². The quantitative estimate of drug-likeness (QED) is 0.416. The van der Waals surface area contributed by atoms with Crippen molar-refractivity contribution in [3.8, 4) is 5.75 Å². The van der Waals surface area contributed by atoms with Crippen molar-refractivity contribution in [2.45, 2.75) is 31.6 Å². The highest BCUT2D eigenvalue weighted by Gasteiger charge is 2.41. The molecule has 1 aliphatic heterocycles. The Bertz CT molecular complexity index is 1200. The van der Waals surface area contributed by atoms with Crippen LogP contribution in [-0.4, -0.2) is 30.9 Å². The Hall–Kier alpha value is -3.94. The second kappa shape index (κ2) is 8.90. The molecule has 1 aliphatic carbocycles. The molecule has 8 heteroatoms. The lowest BCUT2D eigenvalue weighted by Crippen LogP contribution is -2.36. The van der Waals surface area contributed by atoms with E-state index in [0.717, 1.165) is 17.0 Å². The highest BCUT2D eigenvalue weighted by atomic mass is 16.6. The third kappa shape index (κ3) is 4.00. The van der Waals surface area contributed by atoms with E-state index in [1.165, 1.54) is 19.2 Å². The molecular weight excluding hydrogens is 424 g/mol. The van der Waals surface area contributed by atoms with Gasteiger partial charge in [0.05, 0.1) is 24.7 Å². The first-order valence-corrected chi connectivity index (χ1v) is 10.5. The zero-order valence-electron chi connectivity index (χ0n) is 18.6. The molecule has 2 aliphatic rings. The van der Waals surface area contributed by atoms with Gasteiger partial charge in [-0.25, -0.2) is 4.79 Å². The largest absolute Gasteiger partial charge is 0.496 e. The highest BCUT2D eigenvalue weighted by molar-refractivity contribution is 6.04. The monoisotopic (exact) mass is 448 g/mol. The van der Waals surface area contributed by atoms with Crippen molar-refractivity contribution >= 4 is 17.4 Å². The molecule has 0 unspecified atom stereocenters. The van der Waals surface area contributed by atoms with E-state index in [0.29, 0.717) is 28.8 Å². The average Bonchev–Trinajstić information content (AvgIpc) is 2.82. The molecule has 2 aromatic carbocycles. The van der Waals surface area contributed by atoms with Crippen LogP contribution in [0.1, 0.15) is 42.7 Å². The number of carbonyl (C=O) groups excluding carboxylic acids is 2. The molecule has 2 atom stereocenters. The summed E-state index contributed by atoms with van der Waals surface area (Å²) in [6.07, 6.45) is 0.828. The Kier molecular flexibility index (Phi) is 6.00. The van der Waals surface area contributed by atoms with Crippen LogP contribution < -0.4 is 10.1 Å². The molecule has 2 aromatic rings. The first-order chi connectivity index (χ1) is 15.8. The number of nitro benzene ring substituents is 1. The van der Waals surface area contributed by atoms with Crippen LogP contribution in [0.15, 0.2) is 71.1 Å². The molecule has 0 radical (unpaired) electrons. The Morgan fingerprint density at radius 3 is 2.42 bits per heavy atom. The lowest BCUT2D eigenvalue weighted by Gasteiger charge is -2.36. The molecule has 0 spiro atoms. The van der Waals surface area contributed by atoms with Gasteiger partial charge in [0.1, 0.15) is 5.75 Å². The number of carbonyl (C=O) groups is 2. The smallest absolute Gasteiger partial charge is 0.336 e. The summed E-state index contributed by atoms with van der Waals surface area (Å²) < 4.78 is 10.5. The number of nitrogens with one attached hydrogen (secondary N) is 1. The van der Waals surface area contributed by atoms with Crippen LogP contribution in [0.4, 0.5) is 5.69 Å². The number of benzene rings is 2. The topological polar surface area (TPSA) is 108 Å². The summed E-state index contributed by atoms with van der Waals surface area (Å²) in [5.74, 6) is -0.651. The Labute approximate surface area is 191 Å². The van der Waals surface area contributed by atoms with Crippen LogP contribution in [0.2, 0.25) is 0 Å². The minimum atomic E-state index is -0.666. The van der Waals surface area contributed by atoms with Gasteiger partial charge in [0.25, 0.3) is 5.69 Å². The van der Waals surface area contributed by atoms with E-state index in [-0.39, 0.29) is 23.8 Å². The molecular formula is C25H24N2O6. The number of para-hydroxylation sites is 1. The second-order valence-electron chi connectivity index (χ2n) is 8.10. The SMILES string of the molecule is COC(=O)C1=C(C)NC2=C(C(=O)C[C@@H](c3ccccc3OC)C2)[C@H]1c1ccc([N+](=O)[O-])cc1. The van der Waals surface area contributed by atoms with Gasteiger partial charge >= 0.3 is 5.97 Å². The van der Waals surface area contributed by atoms with E-state index in [9.17, 15) is 19.7 Å². The fraction of sp³-hybridized carbons (Fsp3) is 0.280. The number of rotatable bonds is 5. The first kappa shape index (κ1) is 22.3. The first-order valence-electron chi connectivity index (χ1n) is 10.5. The predicted octanol–water partition coefficient (Wildman–Crippen LogP) is 4.14. The van der Waals surface area contributed by atoms with E-state index in [4.69, 9.17) is 9.47 Å². The normalized spacial score (nSPS) is 20.2. The van der Waals surface area contributed by atoms with E-state index in [1.54, 1.807) is 26.2 Å². The number of ether oxygens (including phenoxy) is 2. The van der Waals surface area contributed by atoms with Gasteiger partial charge in [0.15, 0.2) is 5.78 Å². The number of ketones is 1. The Morgan fingerprint density at radius 1 is 1.09 bits per heavy atom. The third-order valence-corrected chi connectivity index (χ3v) is 6.25. The van der Waals surface area contributed by atoms with Crippen LogP contribution in [0.25, 0.3) is 0 Å². The van der Waals surface area contributed by atoms with Crippen molar-refractivity contribution in [1.82, 2.24) is 5.32 Å². The fourth-order valence-electron chi connectivity index (χ4n) is 4.76. The van der Waals surface area contributed by atoms with Crippen LogP contribution in [0.3, 0.4) is 0 Å². The number of hydrogen-bond acceptors (Lipinski definition) is 7. The van der Waals surface area contributed by atoms with Gasteiger partial charge in [0, 0.05) is 47.4 Å². The minimum Gasteiger partial charge on any atom is -0.496 e. The Morgan fingerprint density at radius 2 is 1.79 bits per heavy atom. The average molecular weight is 448 g/mol. The van der Waals surface area contributed by atoms with E-state index >= 15 is 0 Å². The molecule has 1 heterocycles. The van der Waals surface area contributed by atoms with Crippen molar-refractivity contribution in [3.05, 3.63) is 92.3 Å². The molecule has 0 aromatic heterocycles. The molecule has 0 amide bonds. The van der Waals surface area contributed by atoms with Crippen LogP contribution in [-0.2, 0) is 14.3 Å². The molecule has 33 heavy (non-hydrogen) atoms. The molecule has 170 valence electrons. The number of nitrogens with zero attached hydrogens (tertiary/aromatic N) is 1. The standard InChI is InChI=1S/C25H24N2O6/c1-14-22(25(29)33-3)23(15-8-10-17(11-9-15)27(30)31)24-19(26-14)12-16(13-20(24)28)18-6-4-5-7-21(18)32-2/h4-11,16,23,26H,12-13H2,1-3H3/t16-,23-/m0/s1. The zero-order valence-corrected chi connectivity index (χ0v) is 18.6. The molecule has 1 N–H and O–H groups in total. The van der Waals surface area contributed by atoms with Crippen LogP contribution in [0, 0.1) is 10.1 Å². The fourth-order valence-corrected chi connectivity index (χ4v) is 4.76. The number of esters is 1. The molecule has 0 fully saturated rings. The number of non-ortho nitro benzene ring substituents is 1. The Balaban J connectivity index is 1.81. The molecule has 0 saturated carbocycles. The second-order valence-corrected chi connectivity index (χ2v) is 8.10. The summed E-state index contributed by atoms with van der Waals surface area (Å²) in [7, 11) is 2.90. The summed E-state index contributed by atoms with van der Waals surface area (Å²) in [5.41, 5.74) is 3.68. The summed E-state index contributed by atoms with van der Waals surface area (Å²) in [5, 5.41) is 14.4. The van der Waals surface area contributed by atoms with Gasteiger partial charge in [-0.2, -0.15) is 0 Å². The summed E-state index contributed by atoms with van der Waals surface area (Å²) in [4.78, 5) is 36.8. The number of Topliss-reactive ketones (excluding diaryl/α,β-unsaturated/α-hetero) is 1.